The van der Waals surface area contributed by atoms with Crippen molar-refractivity contribution in [3.63, 3.8) is 0 Å². The van der Waals surface area contributed by atoms with Crippen LogP contribution in [0.3, 0.4) is 0 Å². The second kappa shape index (κ2) is 4.67. The normalized spacial score (nSPS) is 48.9. The molecule has 4 nitrogen and oxygen atoms in total. The van der Waals surface area contributed by atoms with Crippen LogP contribution < -0.4 is 0 Å². The van der Waals surface area contributed by atoms with Gasteiger partial charge in [0.05, 0.1) is 17.7 Å². The van der Waals surface area contributed by atoms with E-state index in [2.05, 4.69) is 48.5 Å². The molecule has 0 aliphatic carbocycles. The molecule has 0 aromatic carbocycles. The molecular formula is C16H31NO3. The summed E-state index contributed by atoms with van der Waals surface area (Å²) >= 11 is 0. The Morgan fingerprint density at radius 2 is 1.75 bits per heavy atom. The minimum atomic E-state index is -0.585. The summed E-state index contributed by atoms with van der Waals surface area (Å²) in [6, 6.07) is 0. The van der Waals surface area contributed by atoms with Crippen LogP contribution in [0.4, 0.5) is 0 Å². The second-order valence-corrected chi connectivity index (χ2v) is 7.73. The number of nitrogens with zero attached hydrogens (tertiary/aromatic N) is 1. The maximum absolute atomic E-state index is 10.8. The van der Waals surface area contributed by atoms with Gasteiger partial charge in [-0.3, -0.25) is 0 Å². The first kappa shape index (κ1) is 16.2. The molecule has 0 bridgehead atoms. The number of hydroxylamine groups is 2. The standard InChI is InChI=1S/C16H31NO3/c1-8-14(6)10-16(19-11-13(4,5)20-16)12(3)15(7,9-2)17(14)18/h12,18H,8-11H2,1-7H3. The summed E-state index contributed by atoms with van der Waals surface area (Å²) in [5.74, 6) is -0.482. The molecule has 118 valence electrons. The van der Waals surface area contributed by atoms with E-state index in [1.54, 1.807) is 5.06 Å². The Labute approximate surface area is 123 Å². The number of rotatable bonds is 2. The summed E-state index contributed by atoms with van der Waals surface area (Å²) in [5, 5.41) is 12.4. The third-order valence-electron chi connectivity index (χ3n) is 5.81. The van der Waals surface area contributed by atoms with Crippen LogP contribution in [0.25, 0.3) is 0 Å². The van der Waals surface area contributed by atoms with E-state index in [9.17, 15) is 5.21 Å². The van der Waals surface area contributed by atoms with Crippen molar-refractivity contribution in [2.24, 2.45) is 5.92 Å². The lowest BCUT2D eigenvalue weighted by molar-refractivity contribution is -0.355. The van der Waals surface area contributed by atoms with E-state index in [-0.39, 0.29) is 22.6 Å². The molecule has 1 spiro atoms. The lowest BCUT2D eigenvalue weighted by Crippen LogP contribution is -2.71. The maximum Gasteiger partial charge on any atom is 0.175 e. The Hall–Kier alpha value is -0.160. The molecule has 2 heterocycles. The largest absolute Gasteiger partial charge is 0.346 e. The van der Waals surface area contributed by atoms with E-state index in [1.807, 2.05) is 0 Å². The van der Waals surface area contributed by atoms with Gasteiger partial charge >= 0.3 is 0 Å². The number of piperidine rings is 1. The summed E-state index contributed by atoms with van der Waals surface area (Å²) in [5.41, 5.74) is -0.920. The smallest absolute Gasteiger partial charge is 0.175 e. The van der Waals surface area contributed by atoms with E-state index >= 15 is 0 Å². The molecule has 20 heavy (non-hydrogen) atoms. The lowest BCUT2D eigenvalue weighted by atomic mass is 9.67. The predicted octanol–water partition coefficient (Wildman–Crippen LogP) is 3.58. The molecule has 2 aliphatic rings. The zero-order valence-corrected chi connectivity index (χ0v) is 14.1. The molecule has 0 radical (unpaired) electrons. The molecule has 1 N–H and O–H groups in total. The van der Waals surface area contributed by atoms with Crippen LogP contribution in [-0.4, -0.2) is 39.3 Å². The summed E-state index contributed by atoms with van der Waals surface area (Å²) < 4.78 is 12.6. The maximum atomic E-state index is 10.8. The van der Waals surface area contributed by atoms with Crippen LogP contribution in [0.15, 0.2) is 0 Å². The fourth-order valence-electron chi connectivity index (χ4n) is 3.89. The molecule has 2 rings (SSSR count). The number of hydrogen-bond acceptors (Lipinski definition) is 4. The van der Waals surface area contributed by atoms with Gasteiger partial charge in [0, 0.05) is 17.9 Å². The molecule has 2 saturated heterocycles. The van der Waals surface area contributed by atoms with E-state index in [0.717, 1.165) is 12.8 Å². The molecule has 0 aromatic heterocycles. The molecule has 2 aliphatic heterocycles. The second-order valence-electron chi connectivity index (χ2n) is 7.73. The minimum Gasteiger partial charge on any atom is -0.346 e. The van der Waals surface area contributed by atoms with E-state index in [4.69, 9.17) is 9.47 Å². The zero-order chi connectivity index (χ0) is 15.4. The number of hydrogen-bond donors (Lipinski definition) is 1. The monoisotopic (exact) mass is 285 g/mol. The Morgan fingerprint density at radius 3 is 2.15 bits per heavy atom. The van der Waals surface area contributed by atoms with Crippen LogP contribution in [0.5, 0.6) is 0 Å². The van der Waals surface area contributed by atoms with E-state index < -0.39 is 5.79 Å². The van der Waals surface area contributed by atoms with Gasteiger partial charge in [0.1, 0.15) is 0 Å². The van der Waals surface area contributed by atoms with Crippen molar-refractivity contribution in [2.75, 3.05) is 6.61 Å². The molecular weight excluding hydrogens is 254 g/mol. The van der Waals surface area contributed by atoms with Crippen molar-refractivity contribution < 1.29 is 14.7 Å². The molecule has 0 amide bonds. The van der Waals surface area contributed by atoms with Crippen LogP contribution in [0.2, 0.25) is 0 Å². The van der Waals surface area contributed by atoms with Gasteiger partial charge in [-0.1, -0.05) is 20.8 Å². The summed E-state index contributed by atoms with van der Waals surface area (Å²) in [6.07, 6.45) is 2.42. The molecule has 2 fully saturated rings. The van der Waals surface area contributed by atoms with Crippen molar-refractivity contribution in [1.29, 1.82) is 0 Å². The molecule has 4 unspecified atom stereocenters. The van der Waals surface area contributed by atoms with Gasteiger partial charge in [0.15, 0.2) is 5.79 Å². The van der Waals surface area contributed by atoms with Gasteiger partial charge in [-0.05, 0) is 40.5 Å². The summed E-state index contributed by atoms with van der Waals surface area (Å²) in [4.78, 5) is 0. The van der Waals surface area contributed by atoms with E-state index in [1.165, 1.54) is 0 Å². The Morgan fingerprint density at radius 1 is 1.15 bits per heavy atom. The third kappa shape index (κ3) is 2.12. The Bertz CT molecular complexity index is 386. The molecule has 0 aromatic rings. The highest BCUT2D eigenvalue weighted by molar-refractivity contribution is 5.09. The average Bonchev–Trinajstić information content (AvgIpc) is 2.70. The minimum absolute atomic E-state index is 0.103. The topological polar surface area (TPSA) is 41.9 Å². The van der Waals surface area contributed by atoms with Crippen molar-refractivity contribution in [3.05, 3.63) is 0 Å². The van der Waals surface area contributed by atoms with Crippen LogP contribution in [0.1, 0.15) is 67.7 Å². The molecule has 4 atom stereocenters. The Balaban J connectivity index is 2.45. The summed E-state index contributed by atoms with van der Waals surface area (Å²) in [6.45, 7) is 15.4. The fourth-order valence-corrected chi connectivity index (χ4v) is 3.89. The molecule has 0 saturated carbocycles. The van der Waals surface area contributed by atoms with Crippen LogP contribution in [-0.2, 0) is 9.47 Å². The van der Waals surface area contributed by atoms with Crippen molar-refractivity contribution in [3.8, 4) is 0 Å². The predicted molar refractivity (Wildman–Crippen MR) is 78.6 cm³/mol. The van der Waals surface area contributed by atoms with Gasteiger partial charge in [-0.15, -0.1) is 0 Å². The van der Waals surface area contributed by atoms with Crippen molar-refractivity contribution >= 4 is 0 Å². The van der Waals surface area contributed by atoms with Gasteiger partial charge < -0.3 is 14.7 Å². The average molecular weight is 285 g/mol. The van der Waals surface area contributed by atoms with E-state index in [0.29, 0.717) is 13.0 Å². The van der Waals surface area contributed by atoms with Gasteiger partial charge in [-0.2, -0.15) is 5.06 Å². The van der Waals surface area contributed by atoms with Crippen molar-refractivity contribution in [2.45, 2.75) is 90.2 Å². The first-order chi connectivity index (χ1) is 9.05. The lowest BCUT2D eigenvalue weighted by Gasteiger charge is -2.60. The highest BCUT2D eigenvalue weighted by Crippen LogP contribution is 2.54. The molecule has 4 heteroatoms. The Kier molecular flexibility index (Phi) is 3.78. The zero-order valence-electron chi connectivity index (χ0n) is 14.1. The van der Waals surface area contributed by atoms with Crippen LogP contribution >= 0.6 is 0 Å². The third-order valence-corrected chi connectivity index (χ3v) is 5.81. The first-order valence-electron chi connectivity index (χ1n) is 7.88. The first-order valence-corrected chi connectivity index (χ1v) is 7.88. The summed E-state index contributed by atoms with van der Waals surface area (Å²) in [7, 11) is 0. The highest BCUT2D eigenvalue weighted by Gasteiger charge is 2.64. The quantitative estimate of drug-likeness (QED) is 0.842. The van der Waals surface area contributed by atoms with Crippen molar-refractivity contribution in [1.82, 2.24) is 5.06 Å². The van der Waals surface area contributed by atoms with Gasteiger partial charge in [-0.25, -0.2) is 0 Å². The highest BCUT2D eigenvalue weighted by atomic mass is 16.8. The fraction of sp³-hybridized carbons (Fsp3) is 1.00. The van der Waals surface area contributed by atoms with Gasteiger partial charge in [0.2, 0.25) is 0 Å². The van der Waals surface area contributed by atoms with Crippen LogP contribution in [0, 0.1) is 5.92 Å². The SMILES string of the molecule is CCC1(C)CC2(OCC(C)(C)O2)C(C)C(C)(CC)N1O. The van der Waals surface area contributed by atoms with Gasteiger partial charge in [0.25, 0.3) is 0 Å². The number of ether oxygens (including phenoxy) is 2.